The first-order chi connectivity index (χ1) is 12.0. The van der Waals surface area contributed by atoms with Gasteiger partial charge in [-0.1, -0.05) is 36.4 Å². The summed E-state index contributed by atoms with van der Waals surface area (Å²) in [5.74, 6) is 1.22. The third-order valence-corrected chi connectivity index (χ3v) is 4.02. The molecular formula is C20H23N5. The number of anilines is 4. The minimum Gasteiger partial charge on any atom is -0.393 e. The van der Waals surface area contributed by atoms with Gasteiger partial charge in [-0.25, -0.2) is 9.97 Å². The fourth-order valence-corrected chi connectivity index (χ4v) is 2.82. The van der Waals surface area contributed by atoms with E-state index in [0.717, 1.165) is 5.69 Å². The molecule has 128 valence electrons. The number of hydrogen-bond acceptors (Lipinski definition) is 5. The molecule has 2 aromatic carbocycles. The van der Waals surface area contributed by atoms with E-state index in [0.29, 0.717) is 17.3 Å². The average molecular weight is 333 g/mol. The zero-order valence-corrected chi connectivity index (χ0v) is 14.7. The van der Waals surface area contributed by atoms with E-state index < -0.39 is 0 Å². The lowest BCUT2D eigenvalue weighted by Gasteiger charge is -2.18. The van der Waals surface area contributed by atoms with E-state index in [1.165, 1.54) is 23.0 Å². The Morgan fingerprint density at radius 1 is 0.920 bits per heavy atom. The summed E-state index contributed by atoms with van der Waals surface area (Å²) in [6, 6.07) is 16.5. The Morgan fingerprint density at radius 3 is 2.24 bits per heavy atom. The molecule has 0 fully saturated rings. The lowest BCUT2D eigenvalue weighted by Crippen LogP contribution is -2.11. The van der Waals surface area contributed by atoms with Gasteiger partial charge in [0, 0.05) is 5.69 Å². The van der Waals surface area contributed by atoms with Crippen molar-refractivity contribution in [3.05, 3.63) is 71.5 Å². The van der Waals surface area contributed by atoms with Crippen molar-refractivity contribution in [3.8, 4) is 0 Å². The van der Waals surface area contributed by atoms with Gasteiger partial charge in [0.25, 0.3) is 0 Å². The molecule has 5 heteroatoms. The number of rotatable bonds is 5. The molecule has 1 heterocycles. The second-order valence-corrected chi connectivity index (χ2v) is 6.26. The molecule has 3 rings (SSSR count). The molecule has 5 nitrogen and oxygen atoms in total. The van der Waals surface area contributed by atoms with Gasteiger partial charge in [-0.2, -0.15) is 0 Å². The molecular weight excluding hydrogens is 310 g/mol. The van der Waals surface area contributed by atoms with Crippen LogP contribution in [-0.2, 0) is 0 Å². The maximum absolute atomic E-state index is 6.28. The van der Waals surface area contributed by atoms with Gasteiger partial charge in [0.05, 0.1) is 6.04 Å². The number of nitrogen functional groups attached to an aromatic ring is 1. The number of nitrogens with one attached hydrogen (secondary N) is 2. The molecule has 0 aliphatic rings. The van der Waals surface area contributed by atoms with Crippen LogP contribution in [0, 0.1) is 13.8 Å². The van der Waals surface area contributed by atoms with Crippen LogP contribution in [0.5, 0.6) is 0 Å². The summed E-state index contributed by atoms with van der Waals surface area (Å²) in [7, 11) is 0. The van der Waals surface area contributed by atoms with E-state index in [2.05, 4.69) is 71.7 Å². The summed E-state index contributed by atoms with van der Waals surface area (Å²) < 4.78 is 0. The zero-order chi connectivity index (χ0) is 17.8. The smallest absolute Gasteiger partial charge is 0.159 e. The Bertz CT molecular complexity index is 841. The summed E-state index contributed by atoms with van der Waals surface area (Å²) in [6.45, 7) is 6.21. The van der Waals surface area contributed by atoms with E-state index in [1.807, 2.05) is 18.2 Å². The fourth-order valence-electron chi connectivity index (χ4n) is 2.82. The highest BCUT2D eigenvalue weighted by Crippen LogP contribution is 2.29. The lowest BCUT2D eigenvalue weighted by atomic mass is 10.1. The van der Waals surface area contributed by atoms with Crippen molar-refractivity contribution in [2.45, 2.75) is 26.8 Å². The quantitative estimate of drug-likeness (QED) is 0.636. The van der Waals surface area contributed by atoms with Gasteiger partial charge in [-0.15, -0.1) is 0 Å². The molecule has 1 unspecified atom stereocenters. The number of nitrogens with zero attached hydrogens (tertiary/aromatic N) is 2. The van der Waals surface area contributed by atoms with Gasteiger partial charge < -0.3 is 16.4 Å². The highest BCUT2D eigenvalue weighted by molar-refractivity contribution is 5.78. The van der Waals surface area contributed by atoms with Gasteiger partial charge in [0.1, 0.15) is 12.0 Å². The van der Waals surface area contributed by atoms with Crippen molar-refractivity contribution in [2.24, 2.45) is 0 Å². The van der Waals surface area contributed by atoms with Gasteiger partial charge in [-0.3, -0.25) is 0 Å². The summed E-state index contributed by atoms with van der Waals surface area (Å²) >= 11 is 0. The Hall–Kier alpha value is -3.08. The second kappa shape index (κ2) is 7.21. The average Bonchev–Trinajstić information content (AvgIpc) is 2.58. The molecule has 25 heavy (non-hydrogen) atoms. The van der Waals surface area contributed by atoms with E-state index in [1.54, 1.807) is 0 Å². The molecule has 0 radical (unpaired) electrons. The lowest BCUT2D eigenvalue weighted by molar-refractivity contribution is 0.873. The molecule has 0 spiro atoms. The minimum absolute atomic E-state index is 0.0902. The van der Waals surface area contributed by atoms with Crippen molar-refractivity contribution in [1.29, 1.82) is 0 Å². The number of nitrogens with two attached hydrogens (primary N) is 1. The second-order valence-electron chi connectivity index (χ2n) is 6.26. The predicted octanol–water partition coefficient (Wildman–Crippen LogP) is 4.59. The molecule has 0 saturated heterocycles. The van der Waals surface area contributed by atoms with Crippen molar-refractivity contribution in [2.75, 3.05) is 16.4 Å². The molecule has 0 amide bonds. The van der Waals surface area contributed by atoms with Crippen LogP contribution in [0.1, 0.15) is 29.7 Å². The van der Waals surface area contributed by atoms with Crippen LogP contribution in [0.15, 0.2) is 54.9 Å². The standard InChI is InChI=1S/C20H23N5/c1-13-9-14(2)11-17(10-13)25-20-18(21)19(22-12-23-20)24-15(3)16-7-5-4-6-8-16/h4-12,15H,21H2,1-3H3,(H2,22,23,24,25). The number of hydrogen-bond donors (Lipinski definition) is 3. The number of aryl methyl sites for hydroxylation is 2. The minimum atomic E-state index is 0.0902. The summed E-state index contributed by atoms with van der Waals surface area (Å²) in [6.07, 6.45) is 1.52. The molecule has 0 saturated carbocycles. The number of aromatic nitrogens is 2. The summed E-state index contributed by atoms with van der Waals surface area (Å²) in [5.41, 5.74) is 11.3. The first-order valence-electron chi connectivity index (χ1n) is 8.30. The van der Waals surface area contributed by atoms with Crippen molar-refractivity contribution in [3.63, 3.8) is 0 Å². The third-order valence-electron chi connectivity index (χ3n) is 4.02. The summed E-state index contributed by atoms with van der Waals surface area (Å²) in [4.78, 5) is 8.58. The molecule has 1 aromatic heterocycles. The van der Waals surface area contributed by atoms with Gasteiger partial charge >= 0.3 is 0 Å². The third kappa shape index (κ3) is 4.07. The van der Waals surface area contributed by atoms with Crippen LogP contribution in [0.25, 0.3) is 0 Å². The first-order valence-corrected chi connectivity index (χ1v) is 8.30. The van der Waals surface area contributed by atoms with Crippen molar-refractivity contribution in [1.82, 2.24) is 9.97 Å². The molecule has 0 bridgehead atoms. The van der Waals surface area contributed by atoms with Crippen LogP contribution in [0.2, 0.25) is 0 Å². The van der Waals surface area contributed by atoms with Crippen LogP contribution in [-0.4, -0.2) is 9.97 Å². The molecule has 0 aliphatic carbocycles. The summed E-state index contributed by atoms with van der Waals surface area (Å²) in [5, 5.41) is 6.65. The Balaban J connectivity index is 1.82. The normalized spacial score (nSPS) is 11.8. The Morgan fingerprint density at radius 2 is 1.56 bits per heavy atom. The first kappa shape index (κ1) is 16.8. The van der Waals surface area contributed by atoms with Gasteiger partial charge in [-0.05, 0) is 49.6 Å². The van der Waals surface area contributed by atoms with Crippen LogP contribution in [0.4, 0.5) is 23.0 Å². The highest BCUT2D eigenvalue weighted by Gasteiger charge is 2.12. The highest BCUT2D eigenvalue weighted by atomic mass is 15.1. The molecule has 4 N–H and O–H groups in total. The molecule has 3 aromatic rings. The van der Waals surface area contributed by atoms with Gasteiger partial charge in [0.15, 0.2) is 11.6 Å². The largest absolute Gasteiger partial charge is 0.393 e. The molecule has 0 aliphatic heterocycles. The SMILES string of the molecule is Cc1cc(C)cc(Nc2ncnc(NC(C)c3ccccc3)c2N)c1. The van der Waals surface area contributed by atoms with Crippen molar-refractivity contribution >= 4 is 23.0 Å². The monoisotopic (exact) mass is 333 g/mol. The van der Waals surface area contributed by atoms with Crippen LogP contribution < -0.4 is 16.4 Å². The van der Waals surface area contributed by atoms with E-state index in [4.69, 9.17) is 5.73 Å². The van der Waals surface area contributed by atoms with E-state index >= 15 is 0 Å². The Labute approximate surface area is 148 Å². The van der Waals surface area contributed by atoms with E-state index in [-0.39, 0.29) is 6.04 Å². The maximum atomic E-state index is 6.28. The van der Waals surface area contributed by atoms with Crippen LogP contribution in [0.3, 0.4) is 0 Å². The zero-order valence-electron chi connectivity index (χ0n) is 14.7. The topological polar surface area (TPSA) is 75.9 Å². The number of benzene rings is 2. The fraction of sp³-hybridized carbons (Fsp3) is 0.200. The van der Waals surface area contributed by atoms with Gasteiger partial charge in [0.2, 0.25) is 0 Å². The van der Waals surface area contributed by atoms with Crippen LogP contribution >= 0.6 is 0 Å². The molecule has 1 atom stereocenters. The maximum Gasteiger partial charge on any atom is 0.159 e. The Kier molecular flexibility index (Phi) is 4.84. The van der Waals surface area contributed by atoms with Crippen molar-refractivity contribution < 1.29 is 0 Å². The van der Waals surface area contributed by atoms with E-state index in [9.17, 15) is 0 Å². The predicted molar refractivity (Wildman–Crippen MR) is 104 cm³/mol.